The first-order valence-electron chi connectivity index (χ1n) is 7.86. The summed E-state index contributed by atoms with van der Waals surface area (Å²) in [7, 11) is 2.19. The predicted molar refractivity (Wildman–Crippen MR) is 85.1 cm³/mol. The van der Waals surface area contributed by atoms with Gasteiger partial charge in [0.25, 0.3) is 0 Å². The van der Waals surface area contributed by atoms with Gasteiger partial charge in [-0.2, -0.15) is 0 Å². The normalized spacial score (nSPS) is 22.7. The van der Waals surface area contributed by atoms with Gasteiger partial charge < -0.3 is 15.5 Å². The number of hydrogen-bond donors (Lipinski definition) is 1. The molecule has 2 aliphatic rings. The largest absolute Gasteiger partial charge is 0.396 e. The highest BCUT2D eigenvalue weighted by molar-refractivity contribution is 5.54. The molecular weight excluding hydrogens is 267 g/mol. The second-order valence-electron chi connectivity index (χ2n) is 6.26. The van der Waals surface area contributed by atoms with Gasteiger partial charge in [0.15, 0.2) is 0 Å². The fourth-order valence-electron chi connectivity index (χ4n) is 3.39. The van der Waals surface area contributed by atoms with E-state index < -0.39 is 0 Å². The SMILES string of the molecule is CN1CCN(C2CCN(c3ccc(N)c(F)c3)CC2)CC1. The molecule has 21 heavy (non-hydrogen) atoms. The van der Waals surface area contributed by atoms with Gasteiger partial charge in [0.05, 0.1) is 5.69 Å². The number of likely N-dealkylation sites (N-methyl/N-ethyl adjacent to an activating group) is 1. The quantitative estimate of drug-likeness (QED) is 0.840. The average Bonchev–Trinajstić information content (AvgIpc) is 2.51. The Morgan fingerprint density at radius 2 is 1.71 bits per heavy atom. The molecule has 0 atom stereocenters. The number of rotatable bonds is 2. The van der Waals surface area contributed by atoms with Gasteiger partial charge in [-0.25, -0.2) is 4.39 Å². The van der Waals surface area contributed by atoms with Crippen LogP contribution in [-0.4, -0.2) is 62.2 Å². The summed E-state index contributed by atoms with van der Waals surface area (Å²) in [6.45, 7) is 6.70. The van der Waals surface area contributed by atoms with E-state index in [0.29, 0.717) is 6.04 Å². The molecule has 2 aliphatic heterocycles. The van der Waals surface area contributed by atoms with E-state index in [4.69, 9.17) is 5.73 Å². The van der Waals surface area contributed by atoms with Crippen LogP contribution in [0.15, 0.2) is 18.2 Å². The Bertz CT molecular complexity index is 477. The highest BCUT2D eigenvalue weighted by Gasteiger charge is 2.26. The molecule has 0 aromatic heterocycles. The minimum absolute atomic E-state index is 0.228. The van der Waals surface area contributed by atoms with Gasteiger partial charge in [-0.15, -0.1) is 0 Å². The maximum absolute atomic E-state index is 13.6. The molecule has 0 spiro atoms. The van der Waals surface area contributed by atoms with Gasteiger partial charge in [-0.3, -0.25) is 4.90 Å². The molecule has 0 bridgehead atoms. The number of nitrogens with zero attached hydrogens (tertiary/aromatic N) is 3. The van der Waals surface area contributed by atoms with Crippen molar-refractivity contribution in [2.75, 3.05) is 56.9 Å². The van der Waals surface area contributed by atoms with Gasteiger partial charge in [0.2, 0.25) is 0 Å². The summed E-state index contributed by atoms with van der Waals surface area (Å²) in [4.78, 5) is 7.29. The van der Waals surface area contributed by atoms with Crippen LogP contribution in [-0.2, 0) is 0 Å². The van der Waals surface area contributed by atoms with Crippen molar-refractivity contribution >= 4 is 11.4 Å². The van der Waals surface area contributed by atoms with Crippen molar-refractivity contribution < 1.29 is 4.39 Å². The van der Waals surface area contributed by atoms with Crippen LogP contribution in [0.25, 0.3) is 0 Å². The molecule has 0 amide bonds. The van der Waals surface area contributed by atoms with Crippen molar-refractivity contribution in [1.82, 2.24) is 9.80 Å². The van der Waals surface area contributed by atoms with Crippen LogP contribution in [0.5, 0.6) is 0 Å². The van der Waals surface area contributed by atoms with Crippen LogP contribution in [0.1, 0.15) is 12.8 Å². The fraction of sp³-hybridized carbons (Fsp3) is 0.625. The standard InChI is InChI=1S/C16H25FN4/c1-19-8-10-21(11-9-19)13-4-6-20(7-5-13)14-2-3-16(18)15(17)12-14/h2-3,12-13H,4-11,18H2,1H3. The van der Waals surface area contributed by atoms with Crippen LogP contribution in [0.2, 0.25) is 0 Å². The molecule has 0 unspecified atom stereocenters. The minimum atomic E-state index is -0.311. The maximum Gasteiger partial charge on any atom is 0.148 e. The molecule has 0 saturated carbocycles. The molecule has 1 aromatic carbocycles. The predicted octanol–water partition coefficient (Wildman–Crippen LogP) is 1.62. The Morgan fingerprint density at radius 3 is 2.33 bits per heavy atom. The number of piperidine rings is 1. The monoisotopic (exact) mass is 292 g/mol. The number of halogens is 1. The second kappa shape index (κ2) is 6.20. The summed E-state index contributed by atoms with van der Waals surface area (Å²) in [6.07, 6.45) is 2.32. The van der Waals surface area contributed by atoms with Gasteiger partial charge in [-0.05, 0) is 38.1 Å². The lowest BCUT2D eigenvalue weighted by Crippen LogP contribution is -2.52. The van der Waals surface area contributed by atoms with E-state index in [2.05, 4.69) is 21.7 Å². The zero-order valence-corrected chi connectivity index (χ0v) is 12.8. The van der Waals surface area contributed by atoms with E-state index in [1.54, 1.807) is 12.1 Å². The molecule has 2 fully saturated rings. The number of nitrogen functional groups attached to an aromatic ring is 1. The Kier molecular flexibility index (Phi) is 4.31. The van der Waals surface area contributed by atoms with Crippen LogP contribution in [0.4, 0.5) is 15.8 Å². The van der Waals surface area contributed by atoms with Crippen molar-refractivity contribution in [1.29, 1.82) is 0 Å². The van der Waals surface area contributed by atoms with Crippen LogP contribution in [0.3, 0.4) is 0 Å². The van der Waals surface area contributed by atoms with Crippen LogP contribution in [0, 0.1) is 5.82 Å². The highest BCUT2D eigenvalue weighted by Crippen LogP contribution is 2.25. The summed E-state index contributed by atoms with van der Waals surface area (Å²) in [5, 5.41) is 0. The number of nitrogens with two attached hydrogens (primary N) is 1. The van der Waals surface area contributed by atoms with E-state index in [9.17, 15) is 4.39 Å². The Labute approximate surface area is 126 Å². The van der Waals surface area contributed by atoms with E-state index in [1.165, 1.54) is 26.2 Å². The lowest BCUT2D eigenvalue weighted by atomic mass is 10.0. The summed E-state index contributed by atoms with van der Waals surface area (Å²) in [5.41, 5.74) is 6.73. The molecular formula is C16H25FN4. The molecule has 2 N–H and O–H groups in total. The van der Waals surface area contributed by atoms with E-state index >= 15 is 0 Å². The van der Waals surface area contributed by atoms with Crippen molar-refractivity contribution in [3.63, 3.8) is 0 Å². The lowest BCUT2D eigenvalue weighted by Gasteiger charge is -2.42. The molecule has 1 aromatic rings. The smallest absolute Gasteiger partial charge is 0.148 e. The first kappa shape index (κ1) is 14.6. The number of piperazine rings is 1. The number of benzene rings is 1. The Morgan fingerprint density at radius 1 is 1.05 bits per heavy atom. The van der Waals surface area contributed by atoms with E-state index in [1.807, 2.05) is 6.07 Å². The number of anilines is 2. The first-order chi connectivity index (χ1) is 10.1. The lowest BCUT2D eigenvalue weighted by molar-refractivity contribution is 0.0982. The average molecular weight is 292 g/mol. The highest BCUT2D eigenvalue weighted by atomic mass is 19.1. The zero-order valence-electron chi connectivity index (χ0n) is 12.8. The minimum Gasteiger partial charge on any atom is -0.396 e. The zero-order chi connectivity index (χ0) is 14.8. The first-order valence-corrected chi connectivity index (χ1v) is 7.86. The summed E-state index contributed by atoms with van der Waals surface area (Å²) in [5.74, 6) is -0.311. The van der Waals surface area contributed by atoms with Crippen LogP contribution >= 0.6 is 0 Å². The third-order valence-electron chi connectivity index (χ3n) is 4.87. The third kappa shape index (κ3) is 3.30. The fourth-order valence-corrected chi connectivity index (χ4v) is 3.39. The molecule has 2 heterocycles. The van der Waals surface area contributed by atoms with Crippen molar-refractivity contribution in [3.05, 3.63) is 24.0 Å². The summed E-state index contributed by atoms with van der Waals surface area (Å²) in [6, 6.07) is 5.84. The van der Waals surface area contributed by atoms with Crippen molar-refractivity contribution in [2.24, 2.45) is 0 Å². The van der Waals surface area contributed by atoms with Gasteiger partial charge in [-0.1, -0.05) is 0 Å². The molecule has 0 aliphatic carbocycles. The van der Waals surface area contributed by atoms with E-state index in [-0.39, 0.29) is 11.5 Å². The Balaban J connectivity index is 1.56. The summed E-state index contributed by atoms with van der Waals surface area (Å²) < 4.78 is 13.6. The molecule has 2 saturated heterocycles. The van der Waals surface area contributed by atoms with Crippen molar-refractivity contribution in [3.8, 4) is 0 Å². The maximum atomic E-state index is 13.6. The van der Waals surface area contributed by atoms with Gasteiger partial charge >= 0.3 is 0 Å². The van der Waals surface area contributed by atoms with Crippen LogP contribution < -0.4 is 10.6 Å². The molecule has 116 valence electrons. The number of hydrogen-bond acceptors (Lipinski definition) is 4. The van der Waals surface area contributed by atoms with E-state index in [0.717, 1.165) is 31.6 Å². The molecule has 0 radical (unpaired) electrons. The molecule has 3 rings (SSSR count). The van der Waals surface area contributed by atoms with Gasteiger partial charge in [0, 0.05) is 51.0 Å². The molecule has 5 heteroatoms. The second-order valence-corrected chi connectivity index (χ2v) is 6.26. The van der Waals surface area contributed by atoms with Gasteiger partial charge in [0.1, 0.15) is 5.82 Å². The Hall–Kier alpha value is -1.33. The molecule has 4 nitrogen and oxygen atoms in total. The van der Waals surface area contributed by atoms with Crippen molar-refractivity contribution in [2.45, 2.75) is 18.9 Å². The third-order valence-corrected chi connectivity index (χ3v) is 4.87. The topological polar surface area (TPSA) is 35.7 Å². The summed E-state index contributed by atoms with van der Waals surface area (Å²) >= 11 is 0.